The van der Waals surface area contributed by atoms with Crippen molar-refractivity contribution in [3.8, 4) is 17.3 Å². The summed E-state index contributed by atoms with van der Waals surface area (Å²) < 4.78 is 29.3. The predicted molar refractivity (Wildman–Crippen MR) is 124 cm³/mol. The molecule has 0 aliphatic heterocycles. The first-order valence-corrected chi connectivity index (χ1v) is 10.6. The van der Waals surface area contributed by atoms with Crippen molar-refractivity contribution in [2.45, 2.75) is 32.4 Å². The van der Waals surface area contributed by atoms with E-state index in [4.69, 9.17) is 16.9 Å². The van der Waals surface area contributed by atoms with Crippen molar-refractivity contribution >= 4 is 28.3 Å². The molecule has 1 aromatic carbocycles. The van der Waals surface area contributed by atoms with Gasteiger partial charge in [0.25, 0.3) is 0 Å². The van der Waals surface area contributed by atoms with Crippen molar-refractivity contribution in [1.29, 1.82) is 5.26 Å². The van der Waals surface area contributed by atoms with Crippen LogP contribution in [0.4, 0.5) is 14.5 Å². The topological polar surface area (TPSA) is 108 Å². The molecule has 0 amide bonds. The van der Waals surface area contributed by atoms with E-state index in [1.807, 2.05) is 6.07 Å². The maximum atomic E-state index is 14.9. The zero-order valence-corrected chi connectivity index (χ0v) is 19.2. The highest BCUT2D eigenvalue weighted by molar-refractivity contribution is 6.34. The Labute approximate surface area is 199 Å². The maximum Gasteiger partial charge on any atom is 0.159 e. The number of halogens is 3. The summed E-state index contributed by atoms with van der Waals surface area (Å²) in [7, 11) is 0. The Morgan fingerprint density at radius 2 is 1.79 bits per heavy atom. The van der Waals surface area contributed by atoms with Gasteiger partial charge in [0, 0.05) is 35.8 Å². The summed E-state index contributed by atoms with van der Waals surface area (Å²) in [4.78, 5) is 16.8. The van der Waals surface area contributed by atoms with Crippen molar-refractivity contribution in [2.75, 3.05) is 5.32 Å². The van der Waals surface area contributed by atoms with E-state index in [-0.39, 0.29) is 33.1 Å². The predicted octanol–water partition coefficient (Wildman–Crippen LogP) is 5.29. The number of aliphatic hydroxyl groups is 1. The molecule has 7 nitrogen and oxygen atoms in total. The normalized spacial score (nSPS) is 12.4. The summed E-state index contributed by atoms with van der Waals surface area (Å²) >= 11 is 6.38. The van der Waals surface area contributed by atoms with Crippen molar-refractivity contribution < 1.29 is 13.9 Å². The zero-order valence-electron chi connectivity index (χ0n) is 18.4. The number of nitriles is 1. The number of rotatable bonds is 5. The first-order chi connectivity index (χ1) is 16.1. The lowest BCUT2D eigenvalue weighted by Crippen LogP contribution is -2.19. The van der Waals surface area contributed by atoms with E-state index in [0.717, 1.165) is 0 Å². The lowest BCUT2D eigenvalue weighted by molar-refractivity contribution is 0.0687. The Morgan fingerprint density at radius 3 is 2.44 bits per heavy atom. The van der Waals surface area contributed by atoms with Gasteiger partial charge in [-0.25, -0.2) is 23.7 Å². The second-order valence-corrected chi connectivity index (χ2v) is 8.64. The van der Waals surface area contributed by atoms with Gasteiger partial charge in [-0.05, 0) is 39.0 Å². The van der Waals surface area contributed by atoms with E-state index in [1.165, 1.54) is 42.9 Å². The monoisotopic (exact) mass is 480 g/mol. The molecule has 0 aliphatic carbocycles. The van der Waals surface area contributed by atoms with E-state index in [9.17, 15) is 13.9 Å². The molecule has 0 radical (unpaired) electrons. The van der Waals surface area contributed by atoms with Crippen LogP contribution in [0.1, 0.15) is 43.8 Å². The molecule has 10 heteroatoms. The van der Waals surface area contributed by atoms with Gasteiger partial charge in [-0.2, -0.15) is 5.26 Å². The molecular formula is C24H19ClF2N6O. The largest absolute Gasteiger partial charge is 0.382 e. The van der Waals surface area contributed by atoms with Crippen LogP contribution in [0.25, 0.3) is 22.3 Å². The summed E-state index contributed by atoms with van der Waals surface area (Å²) in [6.07, 6.45) is 4.09. The molecule has 1 unspecified atom stereocenters. The molecule has 1 atom stereocenters. The van der Waals surface area contributed by atoms with Gasteiger partial charge >= 0.3 is 0 Å². The van der Waals surface area contributed by atoms with Crippen LogP contribution in [0.3, 0.4) is 0 Å². The van der Waals surface area contributed by atoms with Gasteiger partial charge in [-0.1, -0.05) is 11.6 Å². The van der Waals surface area contributed by atoms with Crippen LogP contribution in [-0.4, -0.2) is 25.0 Å². The van der Waals surface area contributed by atoms with Crippen LogP contribution in [-0.2, 0) is 5.60 Å². The second-order valence-electron chi connectivity index (χ2n) is 8.24. The van der Waals surface area contributed by atoms with E-state index in [2.05, 4.69) is 25.3 Å². The van der Waals surface area contributed by atoms with Crippen LogP contribution in [0.2, 0.25) is 5.02 Å². The maximum absolute atomic E-state index is 14.9. The second kappa shape index (κ2) is 8.89. The molecule has 0 aliphatic rings. The lowest BCUT2D eigenvalue weighted by Gasteiger charge is -2.19. The number of anilines is 1. The van der Waals surface area contributed by atoms with Crippen molar-refractivity contribution in [2.24, 2.45) is 0 Å². The number of benzene rings is 1. The molecular weight excluding hydrogens is 462 g/mol. The molecule has 0 fully saturated rings. The SMILES string of the molecule is CC(Nc1c(Cl)cnc2cc(F)c(-c3cnc(C(C)(C)O)nc3)nc12)c1cc(C#N)ccc1F. The van der Waals surface area contributed by atoms with E-state index < -0.39 is 23.3 Å². The average molecular weight is 481 g/mol. The lowest BCUT2D eigenvalue weighted by atomic mass is 10.0. The average Bonchev–Trinajstić information content (AvgIpc) is 2.80. The number of pyridine rings is 2. The molecule has 4 rings (SSSR count). The number of nitrogens with zero attached hydrogens (tertiary/aromatic N) is 5. The Morgan fingerprint density at radius 1 is 1.09 bits per heavy atom. The smallest absolute Gasteiger partial charge is 0.159 e. The van der Waals surface area contributed by atoms with Gasteiger partial charge in [0.15, 0.2) is 11.6 Å². The van der Waals surface area contributed by atoms with Gasteiger partial charge in [0.1, 0.15) is 22.6 Å². The Balaban J connectivity index is 1.79. The minimum absolute atomic E-state index is 0.0350. The van der Waals surface area contributed by atoms with Gasteiger partial charge in [-0.15, -0.1) is 0 Å². The molecule has 3 heterocycles. The molecule has 172 valence electrons. The van der Waals surface area contributed by atoms with Gasteiger partial charge < -0.3 is 10.4 Å². The standard InChI is InChI=1S/C24H19ClF2N6O/c1-12(15-6-13(8-28)4-5-17(15)26)32-21-16(25)11-29-19-7-18(27)20(33-22(19)21)14-9-30-23(31-10-14)24(2,3)34/h4-7,9-12,34H,1-3H3,(H,29,32). The Bertz CT molecular complexity index is 1430. The molecule has 0 saturated heterocycles. The van der Waals surface area contributed by atoms with Crippen LogP contribution < -0.4 is 5.32 Å². The quantitative estimate of drug-likeness (QED) is 0.399. The summed E-state index contributed by atoms with van der Waals surface area (Å²) in [6, 6.07) is 6.67. The van der Waals surface area contributed by atoms with Gasteiger partial charge in [0.2, 0.25) is 0 Å². The molecule has 3 aromatic heterocycles. The van der Waals surface area contributed by atoms with Crippen molar-refractivity contribution in [3.63, 3.8) is 0 Å². The first-order valence-electron chi connectivity index (χ1n) is 10.2. The van der Waals surface area contributed by atoms with Crippen LogP contribution >= 0.6 is 11.6 Å². The van der Waals surface area contributed by atoms with Crippen molar-refractivity contribution in [3.05, 3.63) is 76.5 Å². The number of hydrogen-bond donors (Lipinski definition) is 2. The fourth-order valence-corrected chi connectivity index (χ4v) is 3.60. The highest BCUT2D eigenvalue weighted by Gasteiger charge is 2.21. The minimum atomic E-state index is -1.25. The van der Waals surface area contributed by atoms with E-state index in [0.29, 0.717) is 16.8 Å². The summed E-state index contributed by atoms with van der Waals surface area (Å²) in [6.45, 7) is 4.79. The fourth-order valence-electron chi connectivity index (χ4n) is 3.41. The molecule has 0 spiro atoms. The number of fused-ring (bicyclic) bond motifs is 1. The third kappa shape index (κ3) is 4.51. The first kappa shape index (κ1) is 23.4. The van der Waals surface area contributed by atoms with E-state index >= 15 is 0 Å². The minimum Gasteiger partial charge on any atom is -0.382 e. The Kier molecular flexibility index (Phi) is 6.13. The summed E-state index contributed by atoms with van der Waals surface area (Å²) in [5.74, 6) is -0.953. The molecule has 0 bridgehead atoms. The van der Waals surface area contributed by atoms with Crippen LogP contribution in [0.15, 0.2) is 42.9 Å². The highest BCUT2D eigenvalue weighted by Crippen LogP contribution is 2.34. The van der Waals surface area contributed by atoms with Crippen molar-refractivity contribution in [1.82, 2.24) is 19.9 Å². The summed E-state index contributed by atoms with van der Waals surface area (Å²) in [5.41, 5.74) is 0.407. The number of aromatic nitrogens is 4. The van der Waals surface area contributed by atoms with Gasteiger partial charge in [-0.3, -0.25) is 4.98 Å². The third-order valence-electron chi connectivity index (χ3n) is 5.17. The van der Waals surface area contributed by atoms with Gasteiger partial charge in [0.05, 0.1) is 33.9 Å². The Hall–Kier alpha value is -3.74. The van der Waals surface area contributed by atoms with Crippen LogP contribution in [0.5, 0.6) is 0 Å². The summed E-state index contributed by atoms with van der Waals surface area (Å²) in [5, 5.41) is 22.5. The molecule has 0 saturated carbocycles. The molecule has 2 N–H and O–H groups in total. The van der Waals surface area contributed by atoms with Crippen LogP contribution in [0, 0.1) is 23.0 Å². The molecule has 4 aromatic rings. The third-order valence-corrected chi connectivity index (χ3v) is 5.46. The van der Waals surface area contributed by atoms with E-state index in [1.54, 1.807) is 20.8 Å². The number of nitrogens with one attached hydrogen (secondary N) is 1. The fraction of sp³-hybridized carbons (Fsp3) is 0.208. The zero-order chi connectivity index (χ0) is 24.6. The number of hydrogen-bond acceptors (Lipinski definition) is 7. The highest BCUT2D eigenvalue weighted by atomic mass is 35.5. The molecule has 34 heavy (non-hydrogen) atoms.